The Balaban J connectivity index is 1.63. The molecule has 0 saturated carbocycles. The number of carbonyl (C=O) groups excluding carboxylic acids is 1. The number of aromatic nitrogens is 5. The van der Waals surface area contributed by atoms with Crippen LogP contribution in [0, 0.1) is 0 Å². The number of hydrogen-bond donors (Lipinski definition) is 4. The fourth-order valence-electron chi connectivity index (χ4n) is 2.90. The number of aliphatic hydroxyl groups excluding tert-OH is 1. The minimum absolute atomic E-state index is 0.0345. The van der Waals surface area contributed by atoms with Gasteiger partial charge in [0.2, 0.25) is 0 Å². The Morgan fingerprint density at radius 3 is 2.68 bits per heavy atom. The van der Waals surface area contributed by atoms with Crippen LogP contribution >= 0.6 is 34.5 Å². The SMILES string of the molecule is CC(NCc1ncnc(NCCO)c1Cl)c1ncc(C(=O)Nc2cc(C(C)(C)C)c(Cl)nn2)s1. The lowest BCUT2D eigenvalue weighted by Gasteiger charge is -2.20. The molecule has 182 valence electrons. The van der Waals surface area contributed by atoms with Crippen LogP contribution in [-0.2, 0) is 12.0 Å². The number of anilines is 2. The van der Waals surface area contributed by atoms with Gasteiger partial charge in [0.25, 0.3) is 5.91 Å². The quantitative estimate of drug-likeness (QED) is 0.328. The van der Waals surface area contributed by atoms with Crippen LogP contribution in [0.2, 0.25) is 10.2 Å². The standard InChI is InChI=1S/C21H26Cl2N8O2S/c1-11(25-8-13-16(22)18(24-5-6-32)28-10-27-13)20-26-9-14(34-20)19(33)29-15-7-12(21(2,3)4)17(23)31-30-15/h7,9-11,25,32H,5-6,8H2,1-4H3,(H,24,27,28)(H,29,30,33). The minimum atomic E-state index is -0.328. The maximum absolute atomic E-state index is 12.7. The first kappa shape index (κ1) is 26.2. The van der Waals surface area contributed by atoms with Crippen molar-refractivity contribution < 1.29 is 9.90 Å². The Hall–Kier alpha value is -2.44. The van der Waals surface area contributed by atoms with Gasteiger partial charge < -0.3 is 21.1 Å². The highest BCUT2D eigenvalue weighted by molar-refractivity contribution is 7.13. The highest BCUT2D eigenvalue weighted by Crippen LogP contribution is 2.29. The van der Waals surface area contributed by atoms with Gasteiger partial charge in [-0.05, 0) is 18.4 Å². The maximum atomic E-state index is 12.7. The minimum Gasteiger partial charge on any atom is -0.395 e. The van der Waals surface area contributed by atoms with E-state index in [2.05, 4.69) is 41.1 Å². The lowest BCUT2D eigenvalue weighted by atomic mass is 9.88. The monoisotopic (exact) mass is 524 g/mol. The topological polar surface area (TPSA) is 138 Å². The molecule has 10 nitrogen and oxygen atoms in total. The molecule has 13 heteroatoms. The lowest BCUT2D eigenvalue weighted by Crippen LogP contribution is -2.19. The molecule has 3 aromatic heterocycles. The van der Waals surface area contributed by atoms with Crippen molar-refractivity contribution in [2.24, 2.45) is 0 Å². The molecule has 4 N–H and O–H groups in total. The van der Waals surface area contributed by atoms with Gasteiger partial charge in [0, 0.05) is 18.7 Å². The van der Waals surface area contributed by atoms with Crippen LogP contribution in [0.3, 0.4) is 0 Å². The first-order chi connectivity index (χ1) is 16.1. The summed E-state index contributed by atoms with van der Waals surface area (Å²) >= 11 is 13.8. The first-order valence-electron chi connectivity index (χ1n) is 10.5. The predicted octanol–water partition coefficient (Wildman–Crippen LogP) is 3.83. The fourth-order valence-corrected chi connectivity index (χ4v) is 4.35. The molecule has 0 aromatic carbocycles. The zero-order valence-corrected chi connectivity index (χ0v) is 21.5. The number of carbonyl (C=O) groups is 1. The molecule has 0 fully saturated rings. The summed E-state index contributed by atoms with van der Waals surface area (Å²) in [6.45, 7) is 8.62. The molecule has 1 unspecified atom stereocenters. The van der Waals surface area contributed by atoms with Crippen molar-refractivity contribution in [2.45, 2.75) is 45.7 Å². The number of hydrogen-bond acceptors (Lipinski definition) is 10. The number of halogens is 2. The molecule has 34 heavy (non-hydrogen) atoms. The highest BCUT2D eigenvalue weighted by Gasteiger charge is 2.21. The van der Waals surface area contributed by atoms with Crippen molar-refractivity contribution in [3.8, 4) is 0 Å². The van der Waals surface area contributed by atoms with E-state index in [4.69, 9.17) is 28.3 Å². The van der Waals surface area contributed by atoms with Gasteiger partial charge in [-0.25, -0.2) is 15.0 Å². The maximum Gasteiger partial charge on any atom is 0.268 e. The molecular weight excluding hydrogens is 499 g/mol. The molecule has 3 rings (SSSR count). The van der Waals surface area contributed by atoms with E-state index in [1.165, 1.54) is 23.9 Å². The van der Waals surface area contributed by atoms with Gasteiger partial charge in [-0.15, -0.1) is 21.5 Å². The van der Waals surface area contributed by atoms with E-state index in [0.29, 0.717) is 45.5 Å². The van der Waals surface area contributed by atoms with E-state index < -0.39 is 0 Å². The van der Waals surface area contributed by atoms with Crippen molar-refractivity contribution in [1.29, 1.82) is 0 Å². The number of thiazole rings is 1. The van der Waals surface area contributed by atoms with Crippen molar-refractivity contribution in [3.63, 3.8) is 0 Å². The molecule has 0 saturated heterocycles. The van der Waals surface area contributed by atoms with Crippen LogP contribution < -0.4 is 16.0 Å². The number of aliphatic hydroxyl groups is 1. The average molecular weight is 525 g/mol. The lowest BCUT2D eigenvalue weighted by molar-refractivity contribution is 0.102. The van der Waals surface area contributed by atoms with Crippen LogP contribution in [0.25, 0.3) is 0 Å². The second-order valence-corrected chi connectivity index (χ2v) is 10.2. The van der Waals surface area contributed by atoms with Crippen LogP contribution in [0.4, 0.5) is 11.6 Å². The van der Waals surface area contributed by atoms with Gasteiger partial charge in [0.15, 0.2) is 11.0 Å². The Bertz CT molecular complexity index is 1150. The number of rotatable bonds is 9. The molecule has 0 spiro atoms. The molecule has 0 radical (unpaired) electrons. The third-order valence-corrected chi connectivity index (χ3v) is 6.61. The Kier molecular flexibility index (Phi) is 8.72. The summed E-state index contributed by atoms with van der Waals surface area (Å²) in [5, 5.41) is 27.3. The molecule has 1 atom stereocenters. The third kappa shape index (κ3) is 6.57. The van der Waals surface area contributed by atoms with E-state index in [1.807, 2.05) is 27.7 Å². The Morgan fingerprint density at radius 1 is 1.21 bits per heavy atom. The molecule has 3 aromatic rings. The summed E-state index contributed by atoms with van der Waals surface area (Å²) in [6, 6.07) is 1.57. The summed E-state index contributed by atoms with van der Waals surface area (Å²) in [5.74, 6) is 0.457. The van der Waals surface area contributed by atoms with Crippen LogP contribution in [0.1, 0.15) is 59.7 Å². The van der Waals surface area contributed by atoms with Gasteiger partial charge in [-0.2, -0.15) is 0 Å². The van der Waals surface area contributed by atoms with E-state index in [0.717, 1.165) is 10.6 Å². The largest absolute Gasteiger partial charge is 0.395 e. The molecule has 3 heterocycles. The Morgan fingerprint density at radius 2 is 1.97 bits per heavy atom. The van der Waals surface area contributed by atoms with Crippen molar-refractivity contribution in [1.82, 2.24) is 30.5 Å². The summed E-state index contributed by atoms with van der Waals surface area (Å²) in [6.07, 6.45) is 2.93. The smallest absolute Gasteiger partial charge is 0.268 e. The van der Waals surface area contributed by atoms with Gasteiger partial charge >= 0.3 is 0 Å². The second-order valence-electron chi connectivity index (χ2n) is 8.44. The first-order valence-corrected chi connectivity index (χ1v) is 12.1. The Labute approximate surface area is 211 Å². The molecule has 0 aliphatic carbocycles. The van der Waals surface area contributed by atoms with E-state index >= 15 is 0 Å². The zero-order valence-electron chi connectivity index (χ0n) is 19.2. The highest BCUT2D eigenvalue weighted by atomic mass is 35.5. The van der Waals surface area contributed by atoms with E-state index in [-0.39, 0.29) is 24.0 Å². The van der Waals surface area contributed by atoms with Crippen LogP contribution in [0.5, 0.6) is 0 Å². The van der Waals surface area contributed by atoms with E-state index in [1.54, 1.807) is 6.07 Å². The number of amides is 1. The number of nitrogens with one attached hydrogen (secondary N) is 3. The van der Waals surface area contributed by atoms with E-state index in [9.17, 15) is 4.79 Å². The summed E-state index contributed by atoms with van der Waals surface area (Å²) < 4.78 is 0. The van der Waals surface area contributed by atoms with Crippen molar-refractivity contribution in [2.75, 3.05) is 23.8 Å². The fraction of sp³-hybridized carbons (Fsp3) is 0.429. The predicted molar refractivity (Wildman–Crippen MR) is 134 cm³/mol. The molecule has 0 aliphatic heterocycles. The third-order valence-electron chi connectivity index (χ3n) is 4.76. The normalized spacial score (nSPS) is 12.4. The summed E-state index contributed by atoms with van der Waals surface area (Å²) in [7, 11) is 0. The number of nitrogens with zero attached hydrogens (tertiary/aromatic N) is 5. The molecular formula is C21H26Cl2N8O2S. The van der Waals surface area contributed by atoms with Crippen molar-refractivity contribution >= 4 is 52.1 Å². The zero-order chi connectivity index (χ0) is 24.9. The van der Waals surface area contributed by atoms with Crippen LogP contribution in [-0.4, -0.2) is 49.3 Å². The van der Waals surface area contributed by atoms with Crippen LogP contribution in [0.15, 0.2) is 18.6 Å². The van der Waals surface area contributed by atoms with Gasteiger partial charge in [0.1, 0.15) is 27.1 Å². The molecule has 0 aliphatic rings. The van der Waals surface area contributed by atoms with Gasteiger partial charge in [-0.1, -0.05) is 44.0 Å². The van der Waals surface area contributed by atoms with Gasteiger partial charge in [0.05, 0.1) is 24.5 Å². The summed E-state index contributed by atoms with van der Waals surface area (Å²) in [5.41, 5.74) is 1.16. The van der Waals surface area contributed by atoms with Crippen molar-refractivity contribution in [3.05, 3.63) is 49.9 Å². The average Bonchev–Trinajstić information content (AvgIpc) is 3.28. The molecule has 0 bridgehead atoms. The summed E-state index contributed by atoms with van der Waals surface area (Å²) in [4.78, 5) is 25.8. The van der Waals surface area contributed by atoms with Gasteiger partial charge in [-0.3, -0.25) is 4.79 Å². The second kappa shape index (κ2) is 11.3. The molecule has 1 amide bonds.